The number of carbonyl (C=O) groups excluding carboxylic acids is 1. The summed E-state index contributed by atoms with van der Waals surface area (Å²) >= 11 is 0. The lowest BCUT2D eigenvalue weighted by Crippen LogP contribution is -2.58. The molecule has 3 aromatic carbocycles. The zero-order valence-corrected chi connectivity index (χ0v) is 27.3. The molecule has 4 aromatic rings. The molecule has 1 amide bonds. The normalized spacial score (nSPS) is 16.1. The number of alkyl halides is 3. The summed E-state index contributed by atoms with van der Waals surface area (Å²) in [5.74, 6) is 6.10. The number of aromatic nitrogens is 1. The van der Waals surface area contributed by atoms with Gasteiger partial charge in [-0.2, -0.15) is 13.2 Å². The van der Waals surface area contributed by atoms with Gasteiger partial charge in [0, 0.05) is 67.1 Å². The number of hydrogen-bond acceptors (Lipinski definition) is 6. The van der Waals surface area contributed by atoms with E-state index in [1.165, 1.54) is 17.4 Å². The molecule has 1 spiro atoms. The second-order valence-electron chi connectivity index (χ2n) is 12.5. The molecule has 48 heavy (non-hydrogen) atoms. The first-order valence-corrected chi connectivity index (χ1v) is 16.1. The fourth-order valence-corrected chi connectivity index (χ4v) is 6.62. The fraction of sp³-hybridized carbons (Fsp3) is 0.378. The number of halogens is 3. The summed E-state index contributed by atoms with van der Waals surface area (Å²) in [4.78, 5) is 14.4. The maximum Gasteiger partial charge on any atom is 0.406 e. The molecular weight excluding hydrogens is 619 g/mol. The minimum absolute atomic E-state index is 0.0858. The monoisotopic (exact) mass is 659 g/mol. The van der Waals surface area contributed by atoms with Crippen molar-refractivity contribution in [3.05, 3.63) is 83.6 Å². The van der Waals surface area contributed by atoms with Crippen LogP contribution >= 0.6 is 0 Å². The molecule has 3 heterocycles. The van der Waals surface area contributed by atoms with Crippen LogP contribution in [0.2, 0.25) is 0 Å². The first-order chi connectivity index (χ1) is 23.1. The first-order valence-electron chi connectivity index (χ1n) is 16.1. The number of hydrogen-bond donors (Lipinski definition) is 3. The largest absolute Gasteiger partial charge is 0.495 e. The van der Waals surface area contributed by atoms with Gasteiger partial charge in [-0.15, -0.1) is 0 Å². The zero-order valence-electron chi connectivity index (χ0n) is 27.3. The maximum atomic E-state index is 13.7. The van der Waals surface area contributed by atoms with E-state index in [1.807, 2.05) is 13.0 Å². The van der Waals surface area contributed by atoms with Crippen LogP contribution in [-0.4, -0.2) is 63.7 Å². The molecule has 3 N–H and O–H groups in total. The van der Waals surface area contributed by atoms with E-state index in [2.05, 4.69) is 57.0 Å². The third kappa shape index (κ3) is 7.19. The van der Waals surface area contributed by atoms with Gasteiger partial charge in [-0.25, -0.2) is 0 Å². The highest BCUT2D eigenvalue weighted by molar-refractivity contribution is 5.95. The highest BCUT2D eigenvalue weighted by Gasteiger charge is 2.43. The van der Waals surface area contributed by atoms with Crippen LogP contribution in [0.4, 0.5) is 30.2 Å². The molecule has 2 fully saturated rings. The first kappa shape index (κ1) is 33.1. The molecule has 6 rings (SSSR count). The average Bonchev–Trinajstić information content (AvgIpc) is 3.42. The van der Waals surface area contributed by atoms with Crippen LogP contribution in [0.5, 0.6) is 5.75 Å². The van der Waals surface area contributed by atoms with E-state index in [4.69, 9.17) is 9.47 Å². The Bertz CT molecular complexity index is 1830. The third-order valence-electron chi connectivity index (χ3n) is 9.29. The van der Waals surface area contributed by atoms with E-state index in [1.54, 1.807) is 43.4 Å². The van der Waals surface area contributed by atoms with Gasteiger partial charge in [-0.05, 0) is 79.8 Å². The van der Waals surface area contributed by atoms with E-state index < -0.39 is 12.7 Å². The second kappa shape index (κ2) is 13.7. The van der Waals surface area contributed by atoms with E-state index in [-0.39, 0.29) is 24.2 Å². The smallest absolute Gasteiger partial charge is 0.406 e. The number of rotatable bonds is 9. The summed E-state index contributed by atoms with van der Waals surface area (Å²) in [5, 5.41) is 9.88. The lowest BCUT2D eigenvalue weighted by Gasteiger charge is -2.53. The summed E-state index contributed by atoms with van der Waals surface area (Å²) in [7, 11) is 3.04. The highest BCUT2D eigenvalue weighted by Crippen LogP contribution is 2.42. The van der Waals surface area contributed by atoms with E-state index in [0.717, 1.165) is 50.4 Å². The number of carbonyl (C=O) groups is 1. The van der Waals surface area contributed by atoms with Crippen molar-refractivity contribution in [2.45, 2.75) is 38.5 Å². The molecular formula is C37H40F3N5O3. The van der Waals surface area contributed by atoms with Crippen molar-refractivity contribution in [1.82, 2.24) is 9.88 Å². The number of fused-ring (bicyclic) bond motifs is 1. The topological polar surface area (TPSA) is 79.8 Å². The Morgan fingerprint density at radius 3 is 2.48 bits per heavy atom. The molecule has 2 aliphatic rings. The van der Waals surface area contributed by atoms with Crippen LogP contribution in [-0.2, 0) is 11.3 Å². The number of benzene rings is 3. The van der Waals surface area contributed by atoms with Crippen molar-refractivity contribution < 1.29 is 27.4 Å². The average molecular weight is 660 g/mol. The SMILES string of the molecule is CNC(=O)c1ccc(NCC#Cc2cc3c(N[C@@H](C)c4ccc(N5CC6(CCOCC6)C5)cc4)cccc3n2CC(F)(F)F)c(OC)c1. The van der Waals surface area contributed by atoms with Gasteiger partial charge in [-0.3, -0.25) is 4.79 Å². The third-order valence-corrected chi connectivity index (χ3v) is 9.29. The van der Waals surface area contributed by atoms with Crippen LogP contribution < -0.4 is 25.6 Å². The van der Waals surface area contributed by atoms with Crippen LogP contribution in [0.1, 0.15) is 47.4 Å². The second-order valence-corrected chi connectivity index (χ2v) is 12.5. The molecule has 8 nitrogen and oxygen atoms in total. The number of ether oxygens (including phenoxy) is 2. The number of nitrogens with zero attached hydrogens (tertiary/aromatic N) is 2. The van der Waals surface area contributed by atoms with Gasteiger partial charge in [0.1, 0.15) is 12.3 Å². The molecule has 0 aliphatic carbocycles. The minimum Gasteiger partial charge on any atom is -0.495 e. The molecule has 0 bridgehead atoms. The summed E-state index contributed by atoms with van der Waals surface area (Å²) in [6, 6.07) is 20.4. The Morgan fingerprint density at radius 2 is 1.79 bits per heavy atom. The van der Waals surface area contributed by atoms with Crippen LogP contribution in [0, 0.1) is 17.3 Å². The van der Waals surface area contributed by atoms with Crippen molar-refractivity contribution in [1.29, 1.82) is 0 Å². The van der Waals surface area contributed by atoms with Crippen LogP contribution in [0.15, 0.2) is 66.7 Å². The Balaban J connectivity index is 1.18. The molecule has 0 radical (unpaired) electrons. The predicted octanol–water partition coefficient (Wildman–Crippen LogP) is 6.83. The molecule has 11 heteroatoms. The number of methoxy groups -OCH3 is 1. The molecule has 2 saturated heterocycles. The van der Waals surface area contributed by atoms with Gasteiger partial charge in [0.2, 0.25) is 0 Å². The predicted molar refractivity (Wildman–Crippen MR) is 183 cm³/mol. The van der Waals surface area contributed by atoms with Crippen LogP contribution in [0.25, 0.3) is 10.9 Å². The van der Waals surface area contributed by atoms with E-state index in [9.17, 15) is 18.0 Å². The van der Waals surface area contributed by atoms with Gasteiger partial charge in [0.15, 0.2) is 0 Å². The number of anilines is 3. The van der Waals surface area contributed by atoms with E-state index >= 15 is 0 Å². The highest BCUT2D eigenvalue weighted by atomic mass is 19.4. The standard InChI is InChI=1S/C37H40F3N5O3/c1-25(26-9-12-28(13-10-26)44-22-36(23-44)15-18-48-19-16-36)43-31-7-4-8-33-30(31)21-29(45(33)24-37(38,39)40)6-5-17-42-32-14-11-27(35(46)41-2)20-34(32)47-3/h4,7-14,20-21,25,42-43H,15-19,22-24H2,1-3H3,(H,41,46)/t25-/m0/s1. The Kier molecular flexibility index (Phi) is 9.47. The van der Waals surface area contributed by atoms with Crippen molar-refractivity contribution in [3.63, 3.8) is 0 Å². The number of amides is 1. The van der Waals surface area contributed by atoms with Crippen molar-refractivity contribution in [2.24, 2.45) is 5.41 Å². The lowest BCUT2D eigenvalue weighted by molar-refractivity contribution is -0.140. The number of nitrogens with one attached hydrogen (secondary N) is 3. The fourth-order valence-electron chi connectivity index (χ4n) is 6.62. The minimum atomic E-state index is -4.43. The lowest BCUT2D eigenvalue weighted by atomic mass is 9.73. The van der Waals surface area contributed by atoms with Gasteiger partial charge >= 0.3 is 6.18 Å². The van der Waals surface area contributed by atoms with Crippen molar-refractivity contribution >= 4 is 33.9 Å². The van der Waals surface area contributed by atoms with Crippen LogP contribution in [0.3, 0.4) is 0 Å². The van der Waals surface area contributed by atoms with Crippen molar-refractivity contribution in [3.8, 4) is 17.6 Å². The Hall–Kier alpha value is -4.82. The van der Waals surface area contributed by atoms with Gasteiger partial charge in [-0.1, -0.05) is 24.1 Å². The molecule has 0 unspecified atom stereocenters. The Labute approximate surface area is 278 Å². The quantitative estimate of drug-likeness (QED) is 0.171. The Morgan fingerprint density at radius 1 is 1.04 bits per heavy atom. The summed E-state index contributed by atoms with van der Waals surface area (Å²) < 4.78 is 53.4. The molecule has 2 aliphatic heterocycles. The maximum absolute atomic E-state index is 13.7. The van der Waals surface area contributed by atoms with Crippen molar-refractivity contribution in [2.75, 3.05) is 62.5 Å². The molecule has 252 valence electrons. The molecule has 0 saturated carbocycles. The van der Waals surface area contributed by atoms with Gasteiger partial charge in [0.25, 0.3) is 5.91 Å². The van der Waals surface area contributed by atoms with E-state index in [0.29, 0.717) is 33.3 Å². The zero-order chi connectivity index (χ0) is 33.9. The molecule has 1 aromatic heterocycles. The van der Waals surface area contributed by atoms with Gasteiger partial charge < -0.3 is 34.9 Å². The summed E-state index contributed by atoms with van der Waals surface area (Å²) in [6.07, 6.45) is -2.19. The van der Waals surface area contributed by atoms with Gasteiger partial charge in [0.05, 0.1) is 30.6 Å². The summed E-state index contributed by atoms with van der Waals surface area (Å²) in [5.41, 5.74) is 5.16. The molecule has 1 atom stereocenters. The summed E-state index contributed by atoms with van der Waals surface area (Å²) in [6.45, 7) is 4.84.